The highest BCUT2D eigenvalue weighted by atomic mass is 35.5. The van der Waals surface area contributed by atoms with Crippen molar-refractivity contribution in [3.63, 3.8) is 0 Å². The summed E-state index contributed by atoms with van der Waals surface area (Å²) in [6.07, 6.45) is -2.74. The van der Waals surface area contributed by atoms with Gasteiger partial charge in [0.2, 0.25) is 0 Å². The quantitative estimate of drug-likeness (QED) is 0.600. The second-order valence-corrected chi connectivity index (χ2v) is 3.09. The van der Waals surface area contributed by atoms with Crippen molar-refractivity contribution >= 4 is 28.4 Å². The number of hydrogen-bond acceptors (Lipinski definition) is 2. The Morgan fingerprint density at radius 3 is 2.57 bits per heavy atom. The maximum Gasteiger partial charge on any atom is 0.280 e. The van der Waals surface area contributed by atoms with Crippen molar-refractivity contribution in [3.8, 4) is 0 Å². The molecule has 0 saturated heterocycles. The number of hydrogen-bond donors (Lipinski definition) is 0. The van der Waals surface area contributed by atoms with E-state index < -0.39 is 17.4 Å². The smallest absolute Gasteiger partial charge is 0.276 e. The molecule has 0 fully saturated rings. The van der Waals surface area contributed by atoms with Gasteiger partial charge in [0.05, 0.1) is 11.6 Å². The van der Waals surface area contributed by atoms with E-state index in [0.717, 1.165) is 6.07 Å². The number of alkyl halides is 3. The first-order chi connectivity index (χ1) is 6.54. The number of carbonyl (C=O) groups is 1. The van der Waals surface area contributed by atoms with Crippen LogP contribution in [0.4, 0.5) is 8.78 Å². The predicted molar refractivity (Wildman–Crippen MR) is 48.9 cm³/mol. The minimum atomic E-state index is -2.74. The first-order valence-electron chi connectivity index (χ1n) is 3.59. The lowest BCUT2D eigenvalue weighted by Gasteiger charge is -2.03. The Morgan fingerprint density at radius 2 is 2.14 bits per heavy atom. The monoisotopic (exact) mass is 239 g/mol. The molecular weight excluding hydrogens is 235 g/mol. The SMILES string of the molecule is O=C(Cl)c1cc(CCl)nc(C(F)F)c1. The molecule has 0 aliphatic carbocycles. The van der Waals surface area contributed by atoms with Crippen LogP contribution >= 0.6 is 23.2 Å². The van der Waals surface area contributed by atoms with Gasteiger partial charge >= 0.3 is 0 Å². The van der Waals surface area contributed by atoms with Crippen LogP contribution in [0.15, 0.2) is 12.1 Å². The third-order valence-corrected chi connectivity index (χ3v) is 1.98. The molecule has 0 atom stereocenters. The van der Waals surface area contributed by atoms with E-state index in [-0.39, 0.29) is 17.1 Å². The number of rotatable bonds is 3. The summed E-state index contributed by atoms with van der Waals surface area (Å²) in [5, 5.41) is -0.805. The number of pyridine rings is 1. The van der Waals surface area contributed by atoms with Gasteiger partial charge in [-0.05, 0) is 23.7 Å². The predicted octanol–water partition coefficient (Wildman–Crippen LogP) is 3.14. The van der Waals surface area contributed by atoms with E-state index in [4.69, 9.17) is 23.2 Å². The van der Waals surface area contributed by atoms with Gasteiger partial charge in [-0.15, -0.1) is 11.6 Å². The maximum atomic E-state index is 12.3. The van der Waals surface area contributed by atoms with Crippen molar-refractivity contribution < 1.29 is 13.6 Å². The van der Waals surface area contributed by atoms with Crippen LogP contribution in [0.1, 0.15) is 28.2 Å². The summed E-state index contributed by atoms with van der Waals surface area (Å²) in [7, 11) is 0. The second kappa shape index (κ2) is 4.66. The average molecular weight is 240 g/mol. The Balaban J connectivity index is 3.20. The maximum absolute atomic E-state index is 12.3. The van der Waals surface area contributed by atoms with Crippen molar-refractivity contribution in [1.82, 2.24) is 4.98 Å². The Bertz CT molecular complexity index is 357. The molecule has 0 aliphatic rings. The van der Waals surface area contributed by atoms with Gasteiger partial charge in [-0.1, -0.05) is 0 Å². The van der Waals surface area contributed by atoms with Gasteiger partial charge in [-0.2, -0.15) is 0 Å². The molecule has 2 nitrogen and oxygen atoms in total. The number of halogens is 4. The molecule has 1 heterocycles. The third-order valence-electron chi connectivity index (χ3n) is 1.49. The summed E-state index contributed by atoms with van der Waals surface area (Å²) in [5.41, 5.74) is -0.312. The Morgan fingerprint density at radius 1 is 1.50 bits per heavy atom. The summed E-state index contributed by atoms with van der Waals surface area (Å²) >= 11 is 10.6. The van der Waals surface area contributed by atoms with Crippen molar-refractivity contribution in [2.75, 3.05) is 0 Å². The van der Waals surface area contributed by atoms with Gasteiger partial charge in [0, 0.05) is 5.56 Å². The molecule has 0 bridgehead atoms. The standard InChI is InChI=1S/C8H5Cl2F2NO/c9-3-5-1-4(7(10)14)2-6(13-5)8(11)12/h1-2,8H,3H2. The fraction of sp³-hybridized carbons (Fsp3) is 0.250. The van der Waals surface area contributed by atoms with Crippen molar-refractivity contribution in [2.45, 2.75) is 12.3 Å². The zero-order chi connectivity index (χ0) is 10.7. The van der Waals surface area contributed by atoms with Crippen LogP contribution in [0.3, 0.4) is 0 Å². The van der Waals surface area contributed by atoms with E-state index in [0.29, 0.717) is 0 Å². The van der Waals surface area contributed by atoms with E-state index in [1.165, 1.54) is 6.07 Å². The molecule has 0 N–H and O–H groups in total. The Hall–Kier alpha value is -0.740. The summed E-state index contributed by atoms with van der Waals surface area (Å²) in [6, 6.07) is 2.24. The van der Waals surface area contributed by atoms with E-state index in [1.807, 2.05) is 0 Å². The summed E-state index contributed by atoms with van der Waals surface area (Å²) < 4.78 is 24.5. The fourth-order valence-corrected chi connectivity index (χ4v) is 1.15. The van der Waals surface area contributed by atoms with Gasteiger partial charge in [0.1, 0.15) is 5.69 Å². The lowest BCUT2D eigenvalue weighted by atomic mass is 10.2. The van der Waals surface area contributed by atoms with Crippen molar-refractivity contribution in [2.24, 2.45) is 0 Å². The Labute approximate surface area is 88.8 Å². The summed E-state index contributed by atoms with van der Waals surface area (Å²) in [4.78, 5) is 14.3. The van der Waals surface area contributed by atoms with E-state index >= 15 is 0 Å². The minimum absolute atomic E-state index is 0.0207. The van der Waals surface area contributed by atoms with E-state index in [1.54, 1.807) is 0 Å². The van der Waals surface area contributed by atoms with Crippen LogP contribution in [-0.4, -0.2) is 10.2 Å². The van der Waals surface area contributed by atoms with E-state index in [2.05, 4.69) is 4.98 Å². The van der Waals surface area contributed by atoms with Crippen LogP contribution in [0.5, 0.6) is 0 Å². The minimum Gasteiger partial charge on any atom is -0.276 e. The lowest BCUT2D eigenvalue weighted by molar-refractivity contribution is 0.108. The lowest BCUT2D eigenvalue weighted by Crippen LogP contribution is -1.99. The normalized spacial score (nSPS) is 10.6. The molecule has 0 amide bonds. The topological polar surface area (TPSA) is 30.0 Å². The molecule has 0 saturated carbocycles. The van der Waals surface area contributed by atoms with Gasteiger partial charge < -0.3 is 0 Å². The fourth-order valence-electron chi connectivity index (χ4n) is 0.905. The number of nitrogens with zero attached hydrogens (tertiary/aromatic N) is 1. The zero-order valence-electron chi connectivity index (χ0n) is 6.81. The van der Waals surface area contributed by atoms with Gasteiger partial charge in [-0.3, -0.25) is 9.78 Å². The molecule has 1 rings (SSSR count). The molecule has 1 aromatic heterocycles. The van der Waals surface area contributed by atoms with Crippen molar-refractivity contribution in [3.05, 3.63) is 29.1 Å². The summed E-state index contributed by atoms with van der Waals surface area (Å²) in [5.74, 6) is -0.0439. The highest BCUT2D eigenvalue weighted by Gasteiger charge is 2.13. The molecule has 0 unspecified atom stereocenters. The van der Waals surface area contributed by atoms with Gasteiger partial charge in [0.15, 0.2) is 0 Å². The molecule has 0 spiro atoms. The van der Waals surface area contributed by atoms with Gasteiger partial charge in [0.25, 0.3) is 11.7 Å². The van der Waals surface area contributed by atoms with Crippen LogP contribution in [0.25, 0.3) is 0 Å². The molecular formula is C8H5Cl2F2NO. The molecule has 76 valence electrons. The molecule has 14 heavy (non-hydrogen) atoms. The number of carbonyl (C=O) groups excluding carboxylic acids is 1. The van der Waals surface area contributed by atoms with Gasteiger partial charge in [-0.25, -0.2) is 8.78 Å². The van der Waals surface area contributed by atoms with E-state index in [9.17, 15) is 13.6 Å². The average Bonchev–Trinajstić information content (AvgIpc) is 2.16. The molecule has 6 heteroatoms. The molecule has 0 aromatic carbocycles. The van der Waals surface area contributed by atoms with Crippen molar-refractivity contribution in [1.29, 1.82) is 0 Å². The largest absolute Gasteiger partial charge is 0.280 e. The summed E-state index contributed by atoms with van der Waals surface area (Å²) in [6.45, 7) is 0. The molecule has 1 aromatic rings. The highest BCUT2D eigenvalue weighted by Crippen LogP contribution is 2.20. The highest BCUT2D eigenvalue weighted by molar-refractivity contribution is 6.67. The molecule has 0 aliphatic heterocycles. The Kier molecular flexibility index (Phi) is 3.77. The second-order valence-electron chi connectivity index (χ2n) is 2.48. The number of aromatic nitrogens is 1. The third kappa shape index (κ3) is 2.62. The van der Waals surface area contributed by atoms with Crippen LogP contribution in [-0.2, 0) is 5.88 Å². The van der Waals surface area contributed by atoms with Crippen LogP contribution in [0, 0.1) is 0 Å². The molecule has 0 radical (unpaired) electrons. The first-order valence-corrected chi connectivity index (χ1v) is 4.50. The van der Waals surface area contributed by atoms with Crippen LogP contribution < -0.4 is 0 Å². The first kappa shape index (κ1) is 11.3. The van der Waals surface area contributed by atoms with Crippen LogP contribution in [0.2, 0.25) is 0 Å². The zero-order valence-corrected chi connectivity index (χ0v) is 8.32.